The summed E-state index contributed by atoms with van der Waals surface area (Å²) in [5.74, 6) is 1.44. The number of carbonyl (C=O) groups excluding carboxylic acids is 1. The zero-order valence-electron chi connectivity index (χ0n) is 10.2. The van der Waals surface area contributed by atoms with Gasteiger partial charge in [0, 0.05) is 5.75 Å². The molecule has 1 heterocycles. The lowest BCUT2D eigenvalue weighted by Crippen LogP contribution is -2.12. The van der Waals surface area contributed by atoms with Crippen molar-refractivity contribution < 1.29 is 14.3 Å². The Balaban J connectivity index is 1.81. The second-order valence-corrected chi connectivity index (χ2v) is 4.96. The third kappa shape index (κ3) is 3.77. The topological polar surface area (TPSA) is 47.9 Å². The van der Waals surface area contributed by atoms with Crippen molar-refractivity contribution in [2.45, 2.75) is 12.5 Å². The molecule has 1 aliphatic heterocycles. The van der Waals surface area contributed by atoms with E-state index in [0.717, 1.165) is 16.5 Å². The van der Waals surface area contributed by atoms with Crippen LogP contribution >= 0.6 is 11.8 Å². The predicted octanol–water partition coefficient (Wildman–Crippen LogP) is 2.14. The minimum atomic E-state index is -0.213. The number of ether oxygens (including phenoxy) is 2. The fourth-order valence-corrected chi connectivity index (χ4v) is 2.53. The van der Waals surface area contributed by atoms with Crippen LogP contribution in [0.15, 0.2) is 35.3 Å². The molecule has 0 N–H and O–H groups in total. The number of nitrogens with zero attached hydrogens (tertiary/aromatic N) is 1. The van der Waals surface area contributed by atoms with Crippen molar-refractivity contribution in [2.75, 3.05) is 19.5 Å². The molecule has 0 aromatic heterocycles. The number of para-hydroxylation sites is 1. The number of esters is 1. The van der Waals surface area contributed by atoms with E-state index in [-0.39, 0.29) is 12.0 Å². The Labute approximate surface area is 110 Å². The Morgan fingerprint density at radius 3 is 2.94 bits per heavy atom. The zero-order chi connectivity index (χ0) is 12.8. The summed E-state index contributed by atoms with van der Waals surface area (Å²) in [4.78, 5) is 15.6. The highest BCUT2D eigenvalue weighted by molar-refractivity contribution is 8.14. The first-order valence-corrected chi connectivity index (χ1v) is 6.70. The molecule has 0 saturated carbocycles. The molecule has 1 aromatic rings. The number of aliphatic imine (C=N–C) groups is 1. The Bertz CT molecular complexity index is 433. The molecule has 0 aliphatic carbocycles. The fourth-order valence-electron chi connectivity index (χ4n) is 1.59. The Morgan fingerprint density at radius 1 is 1.44 bits per heavy atom. The first-order valence-electron chi connectivity index (χ1n) is 5.72. The molecule has 96 valence electrons. The number of methoxy groups -OCH3 is 1. The summed E-state index contributed by atoms with van der Waals surface area (Å²) in [6, 6.07) is 9.65. The zero-order valence-corrected chi connectivity index (χ0v) is 11.0. The summed E-state index contributed by atoms with van der Waals surface area (Å²) >= 11 is 1.64. The maximum atomic E-state index is 11.1. The average molecular weight is 265 g/mol. The Kier molecular flexibility index (Phi) is 4.64. The van der Waals surface area contributed by atoms with Crippen LogP contribution in [0.2, 0.25) is 0 Å². The average Bonchev–Trinajstić information content (AvgIpc) is 2.85. The van der Waals surface area contributed by atoms with E-state index in [1.54, 1.807) is 11.8 Å². The number of hydrogen-bond donors (Lipinski definition) is 0. The molecule has 0 spiro atoms. The fraction of sp³-hybridized carbons (Fsp3) is 0.385. The summed E-state index contributed by atoms with van der Waals surface area (Å²) in [5, 5.41) is 0.938. The number of benzene rings is 1. The molecular formula is C13H15NO3S. The predicted molar refractivity (Wildman–Crippen MR) is 72.3 cm³/mol. The normalized spacial score (nSPS) is 18.3. The first-order chi connectivity index (χ1) is 8.78. The number of carbonyl (C=O) groups is 1. The first kappa shape index (κ1) is 13.0. The summed E-state index contributed by atoms with van der Waals surface area (Å²) in [5.41, 5.74) is 0. The van der Waals surface area contributed by atoms with Gasteiger partial charge in [-0.1, -0.05) is 18.2 Å². The van der Waals surface area contributed by atoms with Gasteiger partial charge in [0.25, 0.3) is 0 Å². The van der Waals surface area contributed by atoms with Crippen LogP contribution in [0.3, 0.4) is 0 Å². The Morgan fingerprint density at radius 2 is 2.22 bits per heavy atom. The summed E-state index contributed by atoms with van der Waals surface area (Å²) in [6.45, 7) is 0.465. The van der Waals surface area contributed by atoms with E-state index in [0.29, 0.717) is 13.0 Å². The van der Waals surface area contributed by atoms with Gasteiger partial charge < -0.3 is 9.47 Å². The molecular weight excluding hydrogens is 250 g/mol. The highest BCUT2D eigenvalue weighted by atomic mass is 32.2. The van der Waals surface area contributed by atoms with Crippen LogP contribution in [0.5, 0.6) is 5.75 Å². The number of thioether (sulfide) groups is 1. The van der Waals surface area contributed by atoms with Crippen molar-refractivity contribution >= 4 is 22.8 Å². The molecule has 0 fully saturated rings. The third-order valence-corrected chi connectivity index (χ3v) is 3.61. The van der Waals surface area contributed by atoms with Crippen LogP contribution in [0.25, 0.3) is 0 Å². The van der Waals surface area contributed by atoms with Crippen molar-refractivity contribution in [3.63, 3.8) is 0 Å². The molecule has 0 amide bonds. The molecule has 1 aliphatic rings. The molecule has 1 atom stereocenters. The van der Waals surface area contributed by atoms with Crippen LogP contribution < -0.4 is 4.74 Å². The monoisotopic (exact) mass is 265 g/mol. The minimum absolute atomic E-state index is 0.0248. The summed E-state index contributed by atoms with van der Waals surface area (Å²) in [7, 11) is 1.40. The van der Waals surface area contributed by atoms with Crippen LogP contribution in [-0.4, -0.2) is 36.5 Å². The lowest BCUT2D eigenvalue weighted by Gasteiger charge is -2.04. The SMILES string of the molecule is COC(=O)CC1CSC(COc2ccccc2)=N1. The van der Waals surface area contributed by atoms with Gasteiger partial charge in [-0.2, -0.15) is 0 Å². The van der Waals surface area contributed by atoms with Gasteiger partial charge in [-0.25, -0.2) is 0 Å². The quantitative estimate of drug-likeness (QED) is 0.765. The summed E-state index contributed by atoms with van der Waals surface area (Å²) < 4.78 is 10.2. The molecule has 4 nitrogen and oxygen atoms in total. The second kappa shape index (κ2) is 6.44. The van der Waals surface area contributed by atoms with Crippen molar-refractivity contribution in [3.05, 3.63) is 30.3 Å². The van der Waals surface area contributed by atoms with Gasteiger partial charge in [0.2, 0.25) is 0 Å². The maximum absolute atomic E-state index is 11.1. The van der Waals surface area contributed by atoms with Gasteiger partial charge in [0.05, 0.1) is 19.6 Å². The highest BCUT2D eigenvalue weighted by Gasteiger charge is 2.21. The lowest BCUT2D eigenvalue weighted by atomic mass is 10.2. The molecule has 1 unspecified atom stereocenters. The highest BCUT2D eigenvalue weighted by Crippen LogP contribution is 2.21. The van der Waals surface area contributed by atoms with Gasteiger partial charge in [-0.15, -0.1) is 11.8 Å². The van der Waals surface area contributed by atoms with Crippen LogP contribution in [-0.2, 0) is 9.53 Å². The molecule has 0 radical (unpaired) electrons. The second-order valence-electron chi connectivity index (χ2n) is 3.87. The van der Waals surface area contributed by atoms with Gasteiger partial charge in [-0.3, -0.25) is 9.79 Å². The largest absolute Gasteiger partial charge is 0.487 e. The molecule has 0 saturated heterocycles. The lowest BCUT2D eigenvalue weighted by molar-refractivity contribution is -0.140. The van der Waals surface area contributed by atoms with E-state index in [2.05, 4.69) is 9.73 Å². The van der Waals surface area contributed by atoms with E-state index in [1.807, 2.05) is 30.3 Å². The third-order valence-electron chi connectivity index (χ3n) is 2.50. The molecule has 18 heavy (non-hydrogen) atoms. The van der Waals surface area contributed by atoms with Crippen LogP contribution in [0, 0.1) is 0 Å². The standard InChI is InChI=1S/C13H15NO3S/c1-16-13(15)7-10-9-18-12(14-10)8-17-11-5-3-2-4-6-11/h2-6,10H,7-9H2,1H3. The maximum Gasteiger partial charge on any atom is 0.307 e. The molecule has 1 aromatic carbocycles. The minimum Gasteiger partial charge on any atom is -0.487 e. The van der Waals surface area contributed by atoms with E-state index in [4.69, 9.17) is 4.74 Å². The van der Waals surface area contributed by atoms with Gasteiger partial charge >= 0.3 is 5.97 Å². The van der Waals surface area contributed by atoms with Crippen molar-refractivity contribution in [2.24, 2.45) is 4.99 Å². The molecule has 5 heteroatoms. The number of hydrogen-bond acceptors (Lipinski definition) is 5. The van der Waals surface area contributed by atoms with Crippen molar-refractivity contribution in [3.8, 4) is 5.75 Å². The van der Waals surface area contributed by atoms with Gasteiger partial charge in [-0.05, 0) is 12.1 Å². The smallest absolute Gasteiger partial charge is 0.307 e. The molecule has 2 rings (SSSR count). The summed E-state index contributed by atoms with van der Waals surface area (Å²) in [6.07, 6.45) is 0.346. The van der Waals surface area contributed by atoms with Crippen LogP contribution in [0.4, 0.5) is 0 Å². The Hall–Kier alpha value is -1.49. The van der Waals surface area contributed by atoms with E-state index >= 15 is 0 Å². The van der Waals surface area contributed by atoms with Crippen molar-refractivity contribution in [1.29, 1.82) is 0 Å². The van der Waals surface area contributed by atoms with Gasteiger partial charge in [0.15, 0.2) is 0 Å². The number of rotatable bonds is 5. The van der Waals surface area contributed by atoms with E-state index in [9.17, 15) is 4.79 Å². The van der Waals surface area contributed by atoms with E-state index < -0.39 is 0 Å². The van der Waals surface area contributed by atoms with Crippen LogP contribution in [0.1, 0.15) is 6.42 Å². The van der Waals surface area contributed by atoms with E-state index in [1.165, 1.54) is 7.11 Å². The van der Waals surface area contributed by atoms with Crippen molar-refractivity contribution in [1.82, 2.24) is 0 Å². The van der Waals surface area contributed by atoms with Gasteiger partial charge in [0.1, 0.15) is 17.4 Å². The molecule has 0 bridgehead atoms.